The van der Waals surface area contributed by atoms with Gasteiger partial charge in [-0.1, -0.05) is 23.1 Å². The number of carboxylic acids is 1. The van der Waals surface area contributed by atoms with E-state index in [0.717, 1.165) is 11.1 Å². The largest absolute Gasteiger partial charge is 0.481 e. The maximum absolute atomic E-state index is 12.6. The van der Waals surface area contributed by atoms with Crippen molar-refractivity contribution >= 4 is 64.5 Å². The third-order valence-electron chi connectivity index (χ3n) is 4.87. The summed E-state index contributed by atoms with van der Waals surface area (Å²) in [5, 5.41) is 33.6. The van der Waals surface area contributed by atoms with Crippen LogP contribution in [0.3, 0.4) is 0 Å². The number of carbonyl (C=O) groups is 3. The molecule has 16 heteroatoms. The van der Waals surface area contributed by atoms with E-state index in [9.17, 15) is 29.6 Å². The van der Waals surface area contributed by atoms with E-state index in [4.69, 9.17) is 4.42 Å². The summed E-state index contributed by atoms with van der Waals surface area (Å²) in [6, 6.07) is 0.718. The van der Waals surface area contributed by atoms with Crippen LogP contribution in [0.2, 0.25) is 0 Å². The highest BCUT2D eigenvalue weighted by Crippen LogP contribution is 2.44. The molecular weight excluding hydrogens is 484 g/mol. The number of nitrogens with one attached hydrogen (secondary N) is 2. The predicted molar refractivity (Wildman–Crippen MR) is 115 cm³/mol. The van der Waals surface area contributed by atoms with Gasteiger partial charge >= 0.3 is 17.9 Å². The molecule has 0 radical (unpaired) electrons. The Kier molecular flexibility index (Phi) is 6.00. The van der Waals surface area contributed by atoms with Gasteiger partial charge in [0, 0.05) is 24.1 Å². The number of aryl methyl sites for hydroxylation is 1. The number of rotatable bonds is 7. The molecule has 4 heterocycles. The van der Waals surface area contributed by atoms with Crippen molar-refractivity contribution in [1.29, 1.82) is 0 Å². The van der Waals surface area contributed by atoms with Crippen LogP contribution in [0.15, 0.2) is 20.9 Å². The van der Waals surface area contributed by atoms with Crippen LogP contribution in [0.25, 0.3) is 0 Å². The molecule has 0 spiro atoms. The normalized spacial score (nSPS) is 24.4. The van der Waals surface area contributed by atoms with Gasteiger partial charge in [0.1, 0.15) is 26.8 Å². The van der Waals surface area contributed by atoms with Crippen LogP contribution in [-0.2, 0) is 9.59 Å². The lowest BCUT2D eigenvalue weighted by molar-refractivity contribution is -0.401. The first-order valence-corrected chi connectivity index (χ1v) is 11.9. The Balaban J connectivity index is 1.35. The minimum Gasteiger partial charge on any atom is -0.481 e. The van der Waals surface area contributed by atoms with Crippen LogP contribution in [0.4, 0.5) is 16.6 Å². The lowest BCUT2D eigenvalue weighted by Gasteiger charge is -2.53. The zero-order valence-corrected chi connectivity index (χ0v) is 18.8. The highest BCUT2D eigenvalue weighted by atomic mass is 32.2. The molecule has 2 fully saturated rings. The second-order valence-corrected chi connectivity index (χ2v) is 10.6. The van der Waals surface area contributed by atoms with Crippen molar-refractivity contribution in [1.82, 2.24) is 20.4 Å². The molecule has 3 atom stereocenters. The Bertz CT molecular complexity index is 1090. The summed E-state index contributed by atoms with van der Waals surface area (Å²) in [5.41, 5.74) is -1.15. The van der Waals surface area contributed by atoms with E-state index in [2.05, 4.69) is 20.8 Å². The number of β-lactam (4-membered cyclic amide) rings is 1. The zero-order valence-electron chi connectivity index (χ0n) is 16.3. The van der Waals surface area contributed by atoms with Gasteiger partial charge in [-0.15, -0.1) is 22.0 Å². The Hall–Kier alpha value is -2.85. The maximum atomic E-state index is 12.6. The lowest BCUT2D eigenvalue weighted by Crippen LogP contribution is -2.74. The lowest BCUT2D eigenvalue weighted by atomic mass is 9.89. The molecule has 2 aromatic heterocycles. The number of carbonyl (C=O) groups excluding carboxylic acids is 2. The van der Waals surface area contributed by atoms with E-state index >= 15 is 0 Å². The Morgan fingerprint density at radius 3 is 2.88 bits per heavy atom. The maximum Gasteiger partial charge on any atom is 0.434 e. The van der Waals surface area contributed by atoms with Crippen LogP contribution in [0.5, 0.6) is 0 Å². The van der Waals surface area contributed by atoms with Crippen LogP contribution in [0, 0.1) is 22.5 Å². The van der Waals surface area contributed by atoms with Crippen molar-refractivity contribution < 1.29 is 28.8 Å². The van der Waals surface area contributed by atoms with Gasteiger partial charge in [-0.3, -0.25) is 25.0 Å². The third-order valence-corrected chi connectivity index (χ3v) is 8.72. The molecule has 0 aromatic carbocycles. The average Bonchev–Trinajstić information content (AvgIpc) is 3.39. The number of furan rings is 1. The number of aliphatic carboxylic acids is 1. The Morgan fingerprint density at radius 2 is 2.25 bits per heavy atom. The van der Waals surface area contributed by atoms with Crippen LogP contribution in [-0.4, -0.2) is 72.5 Å². The van der Waals surface area contributed by atoms with Crippen molar-refractivity contribution in [3.05, 3.63) is 27.3 Å². The van der Waals surface area contributed by atoms with Gasteiger partial charge < -0.3 is 19.7 Å². The molecule has 2 aliphatic rings. The van der Waals surface area contributed by atoms with E-state index < -0.39 is 45.5 Å². The molecule has 13 nitrogen and oxygen atoms in total. The topological polar surface area (TPSA) is 181 Å². The van der Waals surface area contributed by atoms with E-state index in [0.29, 0.717) is 4.34 Å². The number of carboxylic acid groups (broad SMARTS) is 1. The summed E-state index contributed by atoms with van der Waals surface area (Å²) in [7, 11) is 0. The van der Waals surface area contributed by atoms with Gasteiger partial charge in [-0.2, -0.15) is 0 Å². The van der Waals surface area contributed by atoms with Crippen LogP contribution < -0.4 is 10.6 Å². The van der Waals surface area contributed by atoms with Gasteiger partial charge in [-0.05, 0) is 6.92 Å². The molecule has 0 bridgehead atoms. The predicted octanol–water partition coefficient (Wildman–Crippen LogP) is 1.62. The molecule has 32 heavy (non-hydrogen) atoms. The molecule has 2 aromatic rings. The number of thioether (sulfide) groups is 2. The van der Waals surface area contributed by atoms with Gasteiger partial charge in [0.05, 0.1) is 6.07 Å². The number of nitro groups is 1. The molecule has 3 amide bonds. The molecular formula is C16H16N6O7S3. The molecule has 2 unspecified atom stereocenters. The second kappa shape index (κ2) is 8.59. The van der Waals surface area contributed by atoms with E-state index in [1.54, 1.807) is 0 Å². The third kappa shape index (κ3) is 4.24. The zero-order chi connectivity index (χ0) is 23.0. The van der Waals surface area contributed by atoms with Gasteiger partial charge in [0.25, 0.3) is 0 Å². The summed E-state index contributed by atoms with van der Waals surface area (Å²) in [6.07, 6.45) is 0. The second-order valence-electron chi connectivity index (χ2n) is 7.10. The van der Waals surface area contributed by atoms with E-state index in [1.807, 2.05) is 6.92 Å². The van der Waals surface area contributed by atoms with Crippen LogP contribution >= 0.6 is 34.9 Å². The Labute approximate surface area is 192 Å². The number of fused-ring (bicyclic) bond motifs is 1. The van der Waals surface area contributed by atoms with E-state index in [1.165, 1.54) is 45.8 Å². The molecule has 3 N–H and O–H groups in total. The number of hydrogen-bond donors (Lipinski definition) is 3. The number of aromatic nitrogens is 2. The molecule has 2 saturated heterocycles. The van der Waals surface area contributed by atoms with Gasteiger partial charge in [0.15, 0.2) is 4.34 Å². The van der Waals surface area contributed by atoms with Gasteiger partial charge in [0.2, 0.25) is 11.8 Å². The molecule has 4 rings (SSSR count). The first-order chi connectivity index (χ1) is 15.2. The highest BCUT2D eigenvalue weighted by molar-refractivity contribution is 8.01. The SMILES string of the molecule is Cc1nnc(SCC2(C(=O)O)CS[C@@H]3C(NC(=O)Nc4ccc([N+](=O)[O-])o4)C(=O)N3C2)s1. The fraction of sp³-hybridized carbons (Fsp3) is 0.438. The number of nitrogens with zero attached hydrogens (tertiary/aromatic N) is 4. The Morgan fingerprint density at radius 1 is 1.47 bits per heavy atom. The summed E-state index contributed by atoms with van der Waals surface area (Å²) >= 11 is 3.95. The van der Waals surface area contributed by atoms with E-state index in [-0.39, 0.29) is 23.9 Å². The standard InChI is InChI=1S/C16H16N6O7S3/c1-7-19-20-15(32-7)31-6-16(13(24)25)4-21-11(23)10(12(21)30-5-16)18-14(26)17-8-2-3-9(29-8)22(27)28/h2-3,10,12H,4-6H2,1H3,(H,24,25)(H2,17,18,26)/t10?,12-,16?/m1/s1. The van der Waals surface area contributed by atoms with Gasteiger partial charge in [-0.25, -0.2) is 4.79 Å². The number of amides is 3. The fourth-order valence-corrected chi connectivity index (χ4v) is 6.90. The summed E-state index contributed by atoms with van der Waals surface area (Å²) in [6.45, 7) is 1.83. The highest BCUT2D eigenvalue weighted by Gasteiger charge is 2.57. The van der Waals surface area contributed by atoms with Crippen molar-refractivity contribution in [2.75, 3.05) is 23.4 Å². The number of anilines is 1. The van der Waals surface area contributed by atoms with Crippen LogP contribution in [0.1, 0.15) is 5.01 Å². The van der Waals surface area contributed by atoms with Crippen molar-refractivity contribution in [2.24, 2.45) is 5.41 Å². The van der Waals surface area contributed by atoms with Crippen molar-refractivity contribution in [3.63, 3.8) is 0 Å². The molecule has 170 valence electrons. The first kappa shape index (κ1) is 22.3. The monoisotopic (exact) mass is 500 g/mol. The first-order valence-electron chi connectivity index (χ1n) is 9.09. The molecule has 0 aliphatic carbocycles. The van der Waals surface area contributed by atoms with Crippen molar-refractivity contribution in [2.45, 2.75) is 22.7 Å². The minimum absolute atomic E-state index is 0.0216. The number of hydrogen-bond acceptors (Lipinski definition) is 11. The number of urea groups is 1. The summed E-state index contributed by atoms with van der Waals surface area (Å²) < 4.78 is 5.52. The smallest absolute Gasteiger partial charge is 0.434 e. The average molecular weight is 501 g/mol. The quantitative estimate of drug-likeness (QED) is 0.217. The fourth-order valence-electron chi connectivity index (χ4n) is 3.22. The minimum atomic E-state index is -1.15. The van der Waals surface area contributed by atoms with Crippen molar-refractivity contribution in [3.8, 4) is 0 Å². The molecule has 2 aliphatic heterocycles. The molecule has 0 saturated carbocycles. The summed E-state index contributed by atoms with van der Waals surface area (Å²) in [4.78, 5) is 48.2. The summed E-state index contributed by atoms with van der Waals surface area (Å²) in [5.74, 6) is -1.57.